The Hall–Kier alpha value is -12.8. The normalized spacial score (nSPS) is 13.6. The van der Waals surface area contributed by atoms with Crippen LogP contribution < -0.4 is 25.8 Å². The molecule has 16 rings (SSSR count). The van der Waals surface area contributed by atoms with E-state index in [-0.39, 0.29) is 29.4 Å². The molecular formula is C81H80ClN19O8S. The quantitative estimate of drug-likeness (QED) is 0.107. The number of ketones is 1. The lowest BCUT2D eigenvalue weighted by Crippen LogP contribution is -2.48. The number of nitrogens with one attached hydrogen (secondary N) is 1. The Labute approximate surface area is 643 Å². The zero-order valence-corrected chi connectivity index (χ0v) is 63.6. The largest absolute Gasteiger partial charge is 0.420 e. The average molecular weight is 1520 g/mol. The molecule has 3 N–H and O–H groups in total. The number of halogens is 1. The Morgan fingerprint density at radius 2 is 1.47 bits per heavy atom. The Bertz CT molecular complexity index is 5570. The zero-order valence-electron chi connectivity index (χ0n) is 62.1. The molecule has 3 aliphatic rings. The minimum atomic E-state index is -0.852. The van der Waals surface area contributed by atoms with Crippen molar-refractivity contribution >= 4 is 98.4 Å². The topological polar surface area (TPSA) is 310 Å². The summed E-state index contributed by atoms with van der Waals surface area (Å²) in [5, 5.41) is 27.0. The molecule has 0 aliphatic carbocycles. The SMILES string of the molecule is CC(=O)N(C)c1cccc(-c2ccnc3cc(C(=O)c4cccs4)nn23)c1.CCN(C(C)=O)c1cccc(-c2ccnc3c(C#N)cnn23)c1.CN1CCN(C(=O)O[C@H]2c3ccccc3C(=O)N2c2ccc(Cl)cn2)CC1.Cc1ccc(-c2nc3ccc(C)cn3c2CC(=O)N(C)C)cc1.Nc1noc2c1CCNC2. The van der Waals surface area contributed by atoms with Gasteiger partial charge in [0, 0.05) is 143 Å². The minimum absolute atomic E-state index is 0.00428. The van der Waals surface area contributed by atoms with Crippen LogP contribution in [-0.4, -0.2) is 166 Å². The summed E-state index contributed by atoms with van der Waals surface area (Å²) in [6.45, 7) is 14.2. The molecule has 13 aromatic rings. The van der Waals surface area contributed by atoms with E-state index in [4.69, 9.17) is 36.8 Å². The van der Waals surface area contributed by atoms with Crippen LogP contribution in [0.3, 0.4) is 0 Å². The van der Waals surface area contributed by atoms with E-state index in [1.165, 1.54) is 41.1 Å². The van der Waals surface area contributed by atoms with Crippen molar-refractivity contribution in [2.45, 2.75) is 60.2 Å². The fraction of sp³-hybridized carbons (Fsp3) is 0.235. The average Bonchev–Trinajstić information content (AvgIpc) is 1.62. The van der Waals surface area contributed by atoms with Crippen LogP contribution in [-0.2, 0) is 38.5 Å². The van der Waals surface area contributed by atoms with Crippen LogP contribution >= 0.6 is 22.9 Å². The van der Waals surface area contributed by atoms with Gasteiger partial charge < -0.3 is 49.2 Å². The van der Waals surface area contributed by atoms with Gasteiger partial charge in [0.15, 0.2) is 22.9 Å². The summed E-state index contributed by atoms with van der Waals surface area (Å²) in [5.74, 6) is 1.48. The van der Waals surface area contributed by atoms with E-state index in [1.54, 1.807) is 112 Å². The molecule has 3 aliphatic heterocycles. The molecule has 4 aromatic carbocycles. The first kappa shape index (κ1) is 76.8. The second kappa shape index (κ2) is 34.4. The predicted octanol–water partition coefficient (Wildman–Crippen LogP) is 12.2. The van der Waals surface area contributed by atoms with Crippen LogP contribution in [0.1, 0.15) is 92.0 Å². The number of benzene rings is 4. The van der Waals surface area contributed by atoms with Gasteiger partial charge in [-0.1, -0.05) is 101 Å². The molecule has 1 fully saturated rings. The molecule has 0 unspecified atom stereocenters. The number of thiophene rings is 1. The van der Waals surface area contributed by atoms with Gasteiger partial charge in [-0.15, -0.1) is 11.3 Å². The number of nitrogens with zero attached hydrogens (tertiary/aromatic N) is 17. The number of piperazine rings is 1. The van der Waals surface area contributed by atoms with E-state index in [2.05, 4.69) is 77.8 Å². The summed E-state index contributed by atoms with van der Waals surface area (Å²) in [5.41, 5.74) is 20.8. The van der Waals surface area contributed by atoms with Crippen LogP contribution in [0.4, 0.5) is 27.8 Å². The van der Waals surface area contributed by atoms with Crippen molar-refractivity contribution in [3.05, 3.63) is 248 Å². The second-order valence-electron chi connectivity index (χ2n) is 26.3. The Kier molecular flexibility index (Phi) is 24.0. The third kappa shape index (κ3) is 17.3. The third-order valence-electron chi connectivity index (χ3n) is 18.6. The molecule has 0 bridgehead atoms. The van der Waals surface area contributed by atoms with Gasteiger partial charge >= 0.3 is 6.09 Å². The first-order valence-electron chi connectivity index (χ1n) is 35.3. The number of rotatable bonds is 12. The van der Waals surface area contributed by atoms with Crippen molar-refractivity contribution in [1.29, 1.82) is 5.26 Å². The van der Waals surface area contributed by atoms with E-state index in [1.807, 2.05) is 122 Å². The third-order valence-corrected chi connectivity index (χ3v) is 19.7. The number of imidazole rings is 1. The lowest BCUT2D eigenvalue weighted by molar-refractivity contribution is -0.128. The number of hydrogen-bond acceptors (Lipinski definition) is 20. The van der Waals surface area contributed by atoms with Crippen LogP contribution in [0.25, 0.3) is 50.7 Å². The summed E-state index contributed by atoms with van der Waals surface area (Å²) in [6, 6.07) is 49.1. The summed E-state index contributed by atoms with van der Waals surface area (Å²) in [4.78, 5) is 102. The molecule has 0 saturated carbocycles. The van der Waals surface area contributed by atoms with Crippen molar-refractivity contribution in [3.8, 4) is 39.8 Å². The molecule has 12 heterocycles. The number of fused-ring (bicyclic) bond motifs is 5. The number of nitrogens with two attached hydrogens (primary N) is 1. The number of nitriles is 1. The molecule has 5 amide bonds. The van der Waals surface area contributed by atoms with Crippen molar-refractivity contribution in [1.82, 2.24) is 68.7 Å². The number of pyridine rings is 2. The highest BCUT2D eigenvalue weighted by atomic mass is 35.5. The summed E-state index contributed by atoms with van der Waals surface area (Å²) in [6.07, 6.45) is 8.33. The Morgan fingerprint density at radius 1 is 0.764 bits per heavy atom. The van der Waals surface area contributed by atoms with E-state index >= 15 is 0 Å². The summed E-state index contributed by atoms with van der Waals surface area (Å²) >= 11 is 7.30. The van der Waals surface area contributed by atoms with Crippen molar-refractivity contribution in [3.63, 3.8) is 0 Å². The number of carbonyl (C=O) groups excluding carboxylic acids is 6. The number of hydrogen-bond donors (Lipinski definition) is 2. The summed E-state index contributed by atoms with van der Waals surface area (Å²) in [7, 11) is 7.31. The predicted molar refractivity (Wildman–Crippen MR) is 422 cm³/mol. The number of nitrogen functional groups attached to an aromatic ring is 1. The molecule has 29 heteroatoms. The molecular weight excluding hydrogens is 1430 g/mol. The number of aryl methyl sites for hydroxylation is 2. The minimum Gasteiger partial charge on any atom is -0.420 e. The highest BCUT2D eigenvalue weighted by molar-refractivity contribution is 7.12. The maximum atomic E-state index is 12.9. The maximum Gasteiger partial charge on any atom is 0.412 e. The molecule has 1 saturated heterocycles. The van der Waals surface area contributed by atoms with Crippen LogP contribution in [0, 0.1) is 25.2 Å². The fourth-order valence-electron chi connectivity index (χ4n) is 12.5. The van der Waals surface area contributed by atoms with Gasteiger partial charge in [-0.3, -0.25) is 28.9 Å². The smallest absolute Gasteiger partial charge is 0.412 e. The zero-order chi connectivity index (χ0) is 77.9. The number of aromatic nitrogens is 10. The van der Waals surface area contributed by atoms with Gasteiger partial charge in [0.2, 0.25) is 29.7 Å². The molecule has 0 radical (unpaired) electrons. The lowest BCUT2D eigenvalue weighted by Gasteiger charge is -2.33. The van der Waals surface area contributed by atoms with Gasteiger partial charge in [-0.05, 0) is 118 Å². The molecule has 1 atom stereocenters. The summed E-state index contributed by atoms with van der Waals surface area (Å²) < 4.78 is 16.1. The molecule has 9 aromatic heterocycles. The van der Waals surface area contributed by atoms with E-state index in [0.717, 1.165) is 106 Å². The van der Waals surface area contributed by atoms with Gasteiger partial charge in [0.1, 0.15) is 28.8 Å². The van der Waals surface area contributed by atoms with E-state index in [9.17, 15) is 28.8 Å². The van der Waals surface area contributed by atoms with Crippen molar-refractivity contribution < 1.29 is 38.0 Å². The highest BCUT2D eigenvalue weighted by Gasteiger charge is 2.42. The monoisotopic (exact) mass is 1510 g/mol. The first-order valence-corrected chi connectivity index (χ1v) is 36.6. The number of amides is 5. The van der Waals surface area contributed by atoms with Gasteiger partial charge in [0.05, 0.1) is 51.8 Å². The molecule has 560 valence electrons. The first-order chi connectivity index (χ1) is 53.1. The van der Waals surface area contributed by atoms with Gasteiger partial charge in [-0.25, -0.2) is 33.8 Å². The second-order valence-corrected chi connectivity index (χ2v) is 27.7. The van der Waals surface area contributed by atoms with Gasteiger partial charge in [0.25, 0.3) is 5.91 Å². The van der Waals surface area contributed by atoms with Crippen LogP contribution in [0.5, 0.6) is 0 Å². The number of likely N-dealkylation sites (N-methyl/N-ethyl adjacent to an activating group) is 2. The number of anilines is 4. The molecule has 110 heavy (non-hydrogen) atoms. The lowest BCUT2D eigenvalue weighted by atomic mass is 10.1. The van der Waals surface area contributed by atoms with E-state index in [0.29, 0.717) is 81.3 Å². The standard InChI is InChI=1S/C20H16N4O2S.C19H19ClN4O3.C19H21N3O.C17H15N5O.C6H9N3O/c1-13(25)23(2)15-6-3-5-14(11-15)17-8-9-21-19-12-16(22-24(17)19)20(26)18-7-4-10-27-18;1-22-8-10-23(11-9-22)19(26)27-18-15-5-3-2-4-14(15)17(25)24(18)16-7-6-13(20)12-21-16;1-13-5-8-15(9-6-13)19-16(11-18(23)21(3)4)22-12-14(2)7-10-17(22)20-19;1-3-21(12(2)23)15-6-4-5-13(9-15)16-7-8-19-17-14(10-18)11-20-22(16)17;7-6-4-1-2-8-3-5(4)10-9-6/h3-12H,1-2H3;2-7,12,18H,8-11H2,1H3;5-10,12H,11H2,1-4H3;4-9,11H,3H2,1-2H3;8H,1-3H2,(H2,7,9)/t;18-;;;/m.0.../s1. The van der Waals surface area contributed by atoms with Crippen molar-refractivity contribution in [2.75, 3.05) is 87.9 Å². The Balaban J connectivity index is 0.000000131. The number of ether oxygens (including phenoxy) is 1. The van der Waals surface area contributed by atoms with E-state index < -0.39 is 12.3 Å². The molecule has 0 spiro atoms. The highest BCUT2D eigenvalue weighted by Crippen LogP contribution is 2.39. The Morgan fingerprint density at radius 3 is 2.15 bits per heavy atom. The fourth-order valence-corrected chi connectivity index (χ4v) is 13.3. The molecule has 27 nitrogen and oxygen atoms in total. The maximum absolute atomic E-state index is 12.9. The van der Waals surface area contributed by atoms with Gasteiger partial charge in [-0.2, -0.15) is 15.5 Å². The number of carbonyl (C=O) groups is 6. The van der Waals surface area contributed by atoms with Crippen LogP contribution in [0.2, 0.25) is 5.02 Å². The van der Waals surface area contributed by atoms with Crippen molar-refractivity contribution in [2.24, 2.45) is 0 Å². The van der Waals surface area contributed by atoms with Crippen LogP contribution in [0.15, 0.2) is 193 Å².